The molecule has 0 saturated heterocycles. The number of nitrogens with one attached hydrogen (secondary N) is 1. The molecule has 16 heavy (non-hydrogen) atoms. The van der Waals surface area contributed by atoms with E-state index in [0.29, 0.717) is 0 Å². The van der Waals surface area contributed by atoms with Crippen molar-refractivity contribution in [2.75, 3.05) is 6.54 Å². The van der Waals surface area contributed by atoms with Crippen molar-refractivity contribution in [3.8, 4) is 0 Å². The molecule has 1 aromatic carbocycles. The highest BCUT2D eigenvalue weighted by atomic mass is 16.7. The van der Waals surface area contributed by atoms with E-state index in [1.165, 1.54) is 5.56 Å². The molecule has 0 aliphatic carbocycles. The van der Waals surface area contributed by atoms with E-state index in [2.05, 4.69) is 35.1 Å². The quantitative estimate of drug-likeness (QED) is 0.762. The van der Waals surface area contributed by atoms with E-state index < -0.39 is 5.97 Å². The largest absolute Gasteiger partial charge is 0.372 e. The molecule has 0 amide bonds. The van der Waals surface area contributed by atoms with Crippen LogP contribution in [0, 0.1) is 6.92 Å². The standard InChI is InChI=1S/C7H8.C5H12N2O2/c1-7-5-3-2-4-6-7;1-4(2)7-3-5(8)9-6/h2-6H,1H3;4,7H,3,6H2,1-2H3. The Morgan fingerprint density at radius 3 is 2.25 bits per heavy atom. The van der Waals surface area contributed by atoms with Gasteiger partial charge in [-0.3, -0.25) is 0 Å². The highest BCUT2D eigenvalue weighted by molar-refractivity contribution is 5.71. The molecule has 4 heteroatoms. The number of aryl methyl sites for hydroxylation is 1. The smallest absolute Gasteiger partial charge is 0.338 e. The number of rotatable bonds is 3. The van der Waals surface area contributed by atoms with Crippen LogP contribution in [0.1, 0.15) is 19.4 Å². The van der Waals surface area contributed by atoms with Crippen molar-refractivity contribution < 1.29 is 9.63 Å². The third-order valence-corrected chi connectivity index (χ3v) is 1.73. The van der Waals surface area contributed by atoms with Gasteiger partial charge < -0.3 is 10.2 Å². The van der Waals surface area contributed by atoms with E-state index in [1.807, 2.05) is 32.0 Å². The third kappa shape index (κ3) is 9.18. The molecule has 1 aromatic rings. The molecule has 0 saturated carbocycles. The Morgan fingerprint density at radius 2 is 1.94 bits per heavy atom. The molecule has 90 valence electrons. The molecule has 4 nitrogen and oxygen atoms in total. The van der Waals surface area contributed by atoms with Crippen molar-refractivity contribution in [3.63, 3.8) is 0 Å². The molecule has 0 bridgehead atoms. The summed E-state index contributed by atoms with van der Waals surface area (Å²) in [6, 6.07) is 10.5. The molecule has 0 heterocycles. The molecular weight excluding hydrogens is 204 g/mol. The van der Waals surface area contributed by atoms with E-state index in [9.17, 15) is 4.79 Å². The summed E-state index contributed by atoms with van der Waals surface area (Å²) in [5.41, 5.74) is 1.32. The summed E-state index contributed by atoms with van der Waals surface area (Å²) >= 11 is 0. The maximum Gasteiger partial charge on any atom is 0.338 e. The summed E-state index contributed by atoms with van der Waals surface area (Å²) in [5, 5.41) is 2.84. The first-order valence-corrected chi connectivity index (χ1v) is 5.21. The van der Waals surface area contributed by atoms with Crippen LogP contribution >= 0.6 is 0 Å². The van der Waals surface area contributed by atoms with Crippen LogP contribution in [0.4, 0.5) is 0 Å². The van der Waals surface area contributed by atoms with Gasteiger partial charge in [0.15, 0.2) is 0 Å². The molecule has 0 aliphatic heterocycles. The molecule has 0 aromatic heterocycles. The predicted molar refractivity (Wildman–Crippen MR) is 64.6 cm³/mol. The number of nitrogens with two attached hydrogens (primary N) is 1. The van der Waals surface area contributed by atoms with E-state index >= 15 is 0 Å². The second-order valence-corrected chi connectivity index (χ2v) is 3.68. The lowest BCUT2D eigenvalue weighted by molar-refractivity contribution is -0.143. The molecule has 3 N–H and O–H groups in total. The first-order chi connectivity index (χ1) is 7.56. The number of benzene rings is 1. The van der Waals surface area contributed by atoms with Gasteiger partial charge in [0.1, 0.15) is 0 Å². The average Bonchev–Trinajstić information content (AvgIpc) is 2.27. The van der Waals surface area contributed by atoms with Crippen molar-refractivity contribution in [1.29, 1.82) is 0 Å². The van der Waals surface area contributed by atoms with Crippen LogP contribution in [0.15, 0.2) is 30.3 Å². The maximum atomic E-state index is 10.3. The minimum absolute atomic E-state index is 0.175. The molecular formula is C12H20N2O2. The molecule has 0 fully saturated rings. The molecule has 0 radical (unpaired) electrons. The van der Waals surface area contributed by atoms with Crippen molar-refractivity contribution in [2.24, 2.45) is 5.90 Å². The zero-order valence-corrected chi connectivity index (χ0v) is 10.1. The number of hydrogen-bond donors (Lipinski definition) is 2. The summed E-state index contributed by atoms with van der Waals surface area (Å²) in [6.07, 6.45) is 0. The van der Waals surface area contributed by atoms with Gasteiger partial charge in [-0.1, -0.05) is 49.7 Å². The molecule has 0 atom stereocenters. The fourth-order valence-electron chi connectivity index (χ4n) is 0.864. The van der Waals surface area contributed by atoms with Crippen LogP contribution in [-0.4, -0.2) is 18.6 Å². The Kier molecular flexibility index (Phi) is 8.11. The van der Waals surface area contributed by atoms with E-state index in [0.717, 1.165) is 0 Å². The Morgan fingerprint density at radius 1 is 1.38 bits per heavy atom. The highest BCUT2D eigenvalue weighted by Gasteiger charge is 1.99. The van der Waals surface area contributed by atoms with Crippen LogP contribution in [0.25, 0.3) is 0 Å². The lowest BCUT2D eigenvalue weighted by atomic mass is 10.2. The molecule has 0 spiro atoms. The van der Waals surface area contributed by atoms with Gasteiger partial charge in [0.05, 0.1) is 6.54 Å². The normalized spacial score (nSPS) is 9.31. The molecule has 1 rings (SSSR count). The van der Waals surface area contributed by atoms with E-state index in [-0.39, 0.29) is 12.6 Å². The van der Waals surface area contributed by atoms with Crippen molar-refractivity contribution in [3.05, 3.63) is 35.9 Å². The lowest BCUT2D eigenvalue weighted by Gasteiger charge is -2.04. The zero-order chi connectivity index (χ0) is 12.4. The third-order valence-electron chi connectivity index (χ3n) is 1.73. The topological polar surface area (TPSA) is 64.3 Å². The first kappa shape index (κ1) is 14.6. The number of carbonyl (C=O) groups is 1. The van der Waals surface area contributed by atoms with Gasteiger partial charge in [0, 0.05) is 6.04 Å². The predicted octanol–water partition coefficient (Wildman–Crippen LogP) is 1.40. The zero-order valence-electron chi connectivity index (χ0n) is 10.1. The summed E-state index contributed by atoms with van der Waals surface area (Å²) in [5.74, 6) is 4.13. The monoisotopic (exact) mass is 224 g/mol. The summed E-state index contributed by atoms with van der Waals surface area (Å²) in [4.78, 5) is 14.2. The van der Waals surface area contributed by atoms with Gasteiger partial charge in [-0.05, 0) is 6.92 Å². The van der Waals surface area contributed by atoms with Crippen molar-refractivity contribution in [1.82, 2.24) is 5.32 Å². The van der Waals surface area contributed by atoms with Crippen LogP contribution < -0.4 is 11.2 Å². The van der Waals surface area contributed by atoms with Crippen LogP contribution in [0.3, 0.4) is 0 Å². The first-order valence-electron chi connectivity index (χ1n) is 5.21. The van der Waals surface area contributed by atoms with Gasteiger partial charge >= 0.3 is 5.97 Å². The minimum Gasteiger partial charge on any atom is -0.372 e. The Balaban J connectivity index is 0.000000288. The molecule has 0 aliphatic rings. The van der Waals surface area contributed by atoms with Crippen LogP contribution in [0.2, 0.25) is 0 Å². The van der Waals surface area contributed by atoms with Crippen molar-refractivity contribution >= 4 is 5.97 Å². The van der Waals surface area contributed by atoms with Crippen LogP contribution in [-0.2, 0) is 9.63 Å². The SMILES string of the molecule is CC(C)NCC(=O)ON.Cc1ccccc1. The van der Waals surface area contributed by atoms with Gasteiger partial charge in [-0.2, -0.15) is 5.90 Å². The average molecular weight is 224 g/mol. The Labute approximate surface area is 96.7 Å². The fraction of sp³-hybridized carbons (Fsp3) is 0.417. The number of carbonyl (C=O) groups excluding carboxylic acids is 1. The summed E-state index contributed by atoms with van der Waals surface area (Å²) < 4.78 is 0. The Bertz CT molecular complexity index is 286. The van der Waals surface area contributed by atoms with Crippen molar-refractivity contribution in [2.45, 2.75) is 26.8 Å². The van der Waals surface area contributed by atoms with Gasteiger partial charge in [0.25, 0.3) is 0 Å². The van der Waals surface area contributed by atoms with Gasteiger partial charge in [-0.15, -0.1) is 0 Å². The van der Waals surface area contributed by atoms with E-state index in [1.54, 1.807) is 0 Å². The number of hydrogen-bond acceptors (Lipinski definition) is 4. The second-order valence-electron chi connectivity index (χ2n) is 3.68. The lowest BCUT2D eigenvalue weighted by Crippen LogP contribution is -2.31. The summed E-state index contributed by atoms with van der Waals surface area (Å²) in [6.45, 7) is 6.13. The van der Waals surface area contributed by atoms with Gasteiger partial charge in [-0.25, -0.2) is 4.79 Å². The second kappa shape index (κ2) is 8.88. The van der Waals surface area contributed by atoms with Gasteiger partial charge in [0.2, 0.25) is 0 Å². The highest BCUT2D eigenvalue weighted by Crippen LogP contribution is 1.92. The minimum atomic E-state index is -0.441. The molecule has 0 unspecified atom stereocenters. The summed E-state index contributed by atoms with van der Waals surface area (Å²) in [7, 11) is 0. The maximum absolute atomic E-state index is 10.3. The van der Waals surface area contributed by atoms with Crippen LogP contribution in [0.5, 0.6) is 0 Å². The Hall–Kier alpha value is -1.39. The fourth-order valence-corrected chi connectivity index (χ4v) is 0.864. The van der Waals surface area contributed by atoms with E-state index in [4.69, 9.17) is 0 Å².